The van der Waals surface area contributed by atoms with E-state index in [-0.39, 0.29) is 13.2 Å². The molecule has 2 aromatic heterocycles. The molecule has 0 fully saturated rings. The molecule has 0 amide bonds. The Morgan fingerprint density at radius 2 is 1.85 bits per heavy atom. The van der Waals surface area contributed by atoms with Crippen molar-refractivity contribution < 1.29 is 14.4 Å². The van der Waals surface area contributed by atoms with E-state index in [4.69, 9.17) is 9.26 Å². The minimum absolute atomic E-state index is 0.0749. The Bertz CT molecular complexity index is 1010. The Kier molecular flexibility index (Phi) is 4.37. The average molecular weight is 350 g/mol. The zero-order valence-electron chi connectivity index (χ0n) is 14.3. The molecule has 7 nitrogen and oxygen atoms in total. The lowest BCUT2D eigenvalue weighted by Crippen LogP contribution is -2.05. The summed E-state index contributed by atoms with van der Waals surface area (Å²) in [5.41, 5.74) is 4.10. The lowest BCUT2D eigenvalue weighted by Gasteiger charge is -2.11. The summed E-state index contributed by atoms with van der Waals surface area (Å²) in [4.78, 5) is 1.56. The Hall–Kier alpha value is -3.19. The molecule has 0 radical (unpaired) electrons. The number of nitrogens with zero attached hydrogens (tertiary/aromatic N) is 4. The number of hydrogen-bond donors (Lipinski definition) is 1. The largest absolute Gasteiger partial charge is 0.483 e. The Balaban J connectivity index is 1.70. The summed E-state index contributed by atoms with van der Waals surface area (Å²) >= 11 is 0. The molecule has 0 saturated heterocycles. The van der Waals surface area contributed by atoms with Crippen molar-refractivity contribution in [2.24, 2.45) is 0 Å². The molecule has 0 saturated carbocycles. The van der Waals surface area contributed by atoms with E-state index in [0.717, 1.165) is 22.3 Å². The molecule has 132 valence electrons. The number of rotatable bonds is 6. The minimum Gasteiger partial charge on any atom is -0.483 e. The molecule has 2 aromatic carbocycles. The first-order valence-electron chi connectivity index (χ1n) is 8.34. The summed E-state index contributed by atoms with van der Waals surface area (Å²) in [5.74, 6) is 1.27. The molecule has 4 rings (SSSR count). The number of aromatic nitrogens is 4. The van der Waals surface area contributed by atoms with Gasteiger partial charge in [-0.2, -0.15) is 0 Å². The number of fused-ring (bicyclic) bond motifs is 1. The SMILES string of the molecule is Cc1cc(COc2ccc(CCO)cc2-n2nc3ccccc3n2)on1. The molecule has 7 heteroatoms. The van der Waals surface area contributed by atoms with E-state index in [1.54, 1.807) is 4.80 Å². The van der Waals surface area contributed by atoms with Gasteiger partial charge in [0.15, 0.2) is 5.76 Å². The molecule has 0 aliphatic rings. The van der Waals surface area contributed by atoms with Crippen molar-refractivity contribution in [3.63, 3.8) is 0 Å². The van der Waals surface area contributed by atoms with Gasteiger partial charge in [-0.15, -0.1) is 15.0 Å². The van der Waals surface area contributed by atoms with E-state index < -0.39 is 0 Å². The summed E-state index contributed by atoms with van der Waals surface area (Å²) < 4.78 is 11.1. The number of aliphatic hydroxyl groups excluding tert-OH is 1. The van der Waals surface area contributed by atoms with Gasteiger partial charge in [0.25, 0.3) is 0 Å². The van der Waals surface area contributed by atoms with Gasteiger partial charge in [0, 0.05) is 12.7 Å². The maximum absolute atomic E-state index is 9.23. The fraction of sp³-hybridized carbons (Fsp3) is 0.211. The van der Waals surface area contributed by atoms with Gasteiger partial charge < -0.3 is 14.4 Å². The summed E-state index contributed by atoms with van der Waals surface area (Å²) in [5, 5.41) is 22.2. The van der Waals surface area contributed by atoms with Crippen LogP contribution < -0.4 is 4.74 Å². The summed E-state index contributed by atoms with van der Waals surface area (Å²) in [7, 11) is 0. The van der Waals surface area contributed by atoms with Crippen molar-refractivity contribution in [3.05, 3.63) is 65.5 Å². The van der Waals surface area contributed by atoms with Crippen molar-refractivity contribution >= 4 is 11.0 Å². The zero-order valence-corrected chi connectivity index (χ0v) is 14.3. The van der Waals surface area contributed by atoms with Crippen LogP contribution in [-0.4, -0.2) is 31.9 Å². The molecule has 1 N–H and O–H groups in total. The van der Waals surface area contributed by atoms with Crippen LogP contribution in [0.3, 0.4) is 0 Å². The maximum Gasteiger partial charge on any atom is 0.174 e. The highest BCUT2D eigenvalue weighted by Crippen LogP contribution is 2.26. The Morgan fingerprint density at radius 1 is 1.08 bits per heavy atom. The molecule has 26 heavy (non-hydrogen) atoms. The molecular weight excluding hydrogens is 332 g/mol. The molecular formula is C19H18N4O3. The third-order valence-corrected chi connectivity index (χ3v) is 3.97. The highest BCUT2D eigenvalue weighted by atomic mass is 16.5. The Morgan fingerprint density at radius 3 is 2.50 bits per heavy atom. The molecule has 0 aliphatic heterocycles. The number of ether oxygens (including phenoxy) is 1. The average Bonchev–Trinajstić information content (AvgIpc) is 3.26. The smallest absolute Gasteiger partial charge is 0.174 e. The molecule has 4 aromatic rings. The monoisotopic (exact) mass is 350 g/mol. The molecule has 0 atom stereocenters. The number of aliphatic hydroxyl groups is 1. The number of benzene rings is 2. The van der Waals surface area contributed by atoms with E-state index in [1.165, 1.54) is 0 Å². The molecule has 2 heterocycles. The maximum atomic E-state index is 9.23. The Labute approximate surface area is 149 Å². The standard InChI is InChI=1S/C19H18N4O3/c1-13-10-15(26-22-13)12-25-19-7-6-14(8-9-24)11-18(19)23-20-16-4-2-3-5-17(16)21-23/h2-7,10-11,24H,8-9,12H2,1H3. The van der Waals surface area contributed by atoms with E-state index >= 15 is 0 Å². The zero-order chi connectivity index (χ0) is 17.9. The van der Waals surface area contributed by atoms with Gasteiger partial charge in [-0.1, -0.05) is 23.4 Å². The lowest BCUT2D eigenvalue weighted by molar-refractivity contribution is 0.247. The third-order valence-electron chi connectivity index (χ3n) is 3.97. The highest BCUT2D eigenvalue weighted by Gasteiger charge is 2.13. The van der Waals surface area contributed by atoms with Crippen LogP contribution in [0.4, 0.5) is 0 Å². The van der Waals surface area contributed by atoms with Crippen LogP contribution in [0.2, 0.25) is 0 Å². The van der Waals surface area contributed by atoms with E-state index in [9.17, 15) is 5.11 Å². The first-order chi connectivity index (χ1) is 12.7. The fourth-order valence-electron chi connectivity index (χ4n) is 2.73. The first kappa shape index (κ1) is 16.3. The van der Waals surface area contributed by atoms with Crippen molar-refractivity contribution in [1.82, 2.24) is 20.2 Å². The van der Waals surface area contributed by atoms with Crippen LogP contribution in [0, 0.1) is 6.92 Å². The van der Waals surface area contributed by atoms with E-state index in [2.05, 4.69) is 15.4 Å². The predicted octanol–water partition coefficient (Wildman–Crippen LogP) is 2.83. The lowest BCUT2D eigenvalue weighted by atomic mass is 10.1. The van der Waals surface area contributed by atoms with Crippen LogP contribution in [-0.2, 0) is 13.0 Å². The second kappa shape index (κ2) is 6.97. The quantitative estimate of drug-likeness (QED) is 0.575. The second-order valence-electron chi connectivity index (χ2n) is 5.98. The number of aryl methyl sites for hydroxylation is 1. The molecule has 0 aliphatic carbocycles. The van der Waals surface area contributed by atoms with Crippen LogP contribution in [0.1, 0.15) is 17.0 Å². The van der Waals surface area contributed by atoms with Crippen molar-refractivity contribution in [2.45, 2.75) is 20.0 Å². The normalized spacial score (nSPS) is 11.2. The van der Waals surface area contributed by atoms with Crippen LogP contribution in [0.15, 0.2) is 53.1 Å². The van der Waals surface area contributed by atoms with Gasteiger partial charge in [0.1, 0.15) is 29.1 Å². The van der Waals surface area contributed by atoms with Crippen molar-refractivity contribution in [2.75, 3.05) is 6.61 Å². The van der Waals surface area contributed by atoms with Crippen LogP contribution in [0.25, 0.3) is 16.7 Å². The summed E-state index contributed by atoms with van der Waals surface area (Å²) in [6.07, 6.45) is 0.551. The minimum atomic E-state index is 0.0749. The van der Waals surface area contributed by atoms with E-state index in [0.29, 0.717) is 23.6 Å². The van der Waals surface area contributed by atoms with Gasteiger partial charge in [0.2, 0.25) is 0 Å². The van der Waals surface area contributed by atoms with Crippen LogP contribution >= 0.6 is 0 Å². The van der Waals surface area contributed by atoms with Gasteiger partial charge in [-0.25, -0.2) is 0 Å². The predicted molar refractivity (Wildman–Crippen MR) is 95.2 cm³/mol. The van der Waals surface area contributed by atoms with Gasteiger partial charge >= 0.3 is 0 Å². The number of hydrogen-bond acceptors (Lipinski definition) is 6. The van der Waals surface area contributed by atoms with Gasteiger partial charge in [0.05, 0.1) is 5.69 Å². The third kappa shape index (κ3) is 3.29. The highest BCUT2D eigenvalue weighted by molar-refractivity contribution is 5.73. The summed E-state index contributed by atoms with van der Waals surface area (Å²) in [6, 6.07) is 15.2. The molecule has 0 bridgehead atoms. The molecule has 0 spiro atoms. The van der Waals surface area contributed by atoms with Crippen LogP contribution in [0.5, 0.6) is 5.75 Å². The van der Waals surface area contributed by atoms with E-state index in [1.807, 2.05) is 55.5 Å². The summed E-state index contributed by atoms with van der Waals surface area (Å²) in [6.45, 7) is 2.20. The molecule has 0 unspecified atom stereocenters. The van der Waals surface area contributed by atoms with Crippen molar-refractivity contribution in [3.8, 4) is 11.4 Å². The first-order valence-corrected chi connectivity index (χ1v) is 8.34. The van der Waals surface area contributed by atoms with Crippen molar-refractivity contribution in [1.29, 1.82) is 0 Å². The fourth-order valence-corrected chi connectivity index (χ4v) is 2.73. The topological polar surface area (TPSA) is 86.2 Å². The second-order valence-corrected chi connectivity index (χ2v) is 5.98. The van der Waals surface area contributed by atoms with Gasteiger partial charge in [-0.3, -0.25) is 0 Å². The van der Waals surface area contributed by atoms with Gasteiger partial charge in [-0.05, 0) is 43.2 Å².